The van der Waals surface area contributed by atoms with Crippen LogP contribution in [0.2, 0.25) is 0 Å². The van der Waals surface area contributed by atoms with E-state index in [-0.39, 0.29) is 11.6 Å². The summed E-state index contributed by atoms with van der Waals surface area (Å²) in [6.07, 6.45) is 5.84. The monoisotopic (exact) mass is 371 g/mol. The number of nitrogens with one attached hydrogen (secondary N) is 1. The first-order valence-electron chi connectivity index (χ1n) is 9.60. The Balaban J connectivity index is 1.57. The van der Waals surface area contributed by atoms with Gasteiger partial charge in [-0.15, -0.1) is 0 Å². The van der Waals surface area contributed by atoms with Crippen molar-refractivity contribution in [3.8, 4) is 0 Å². The number of rotatable bonds is 6. The smallest absolute Gasteiger partial charge is 0.269 e. The molecule has 7 nitrogen and oxygen atoms in total. The van der Waals surface area contributed by atoms with Crippen LogP contribution < -0.4 is 10.4 Å². The van der Waals surface area contributed by atoms with Gasteiger partial charge in [-0.3, -0.25) is 14.9 Å². The number of carbonyl (C=O) groups is 2. The van der Waals surface area contributed by atoms with Gasteiger partial charge in [0.05, 0.1) is 11.0 Å². The maximum Gasteiger partial charge on any atom is 0.269 e. The summed E-state index contributed by atoms with van der Waals surface area (Å²) in [7, 11) is 0. The molecular formula is C20H23N2O5-. The second-order valence-electron chi connectivity index (χ2n) is 8.65. The summed E-state index contributed by atoms with van der Waals surface area (Å²) in [5, 5.41) is 25.2. The Morgan fingerprint density at radius 2 is 1.74 bits per heavy atom. The van der Waals surface area contributed by atoms with Crippen LogP contribution in [0, 0.1) is 33.3 Å². The highest BCUT2D eigenvalue weighted by Gasteiger charge is 2.54. The molecule has 0 radical (unpaired) electrons. The largest absolute Gasteiger partial charge is 0.550 e. The third kappa shape index (κ3) is 3.42. The van der Waals surface area contributed by atoms with E-state index in [4.69, 9.17) is 0 Å². The summed E-state index contributed by atoms with van der Waals surface area (Å²) in [4.78, 5) is 35.0. The van der Waals surface area contributed by atoms with Crippen molar-refractivity contribution >= 4 is 17.6 Å². The van der Waals surface area contributed by atoms with Gasteiger partial charge in [0, 0.05) is 29.9 Å². The molecule has 1 atom stereocenters. The van der Waals surface area contributed by atoms with Gasteiger partial charge in [0.25, 0.3) is 5.69 Å². The number of nitrogens with zero attached hydrogens (tertiary/aromatic N) is 1. The summed E-state index contributed by atoms with van der Waals surface area (Å²) < 4.78 is 0. The van der Waals surface area contributed by atoms with Crippen LogP contribution >= 0.6 is 0 Å². The average molecular weight is 371 g/mol. The number of amides is 1. The molecule has 4 aliphatic carbocycles. The molecule has 5 rings (SSSR count). The molecule has 1 aromatic rings. The summed E-state index contributed by atoms with van der Waals surface area (Å²) in [6.45, 7) is 0. The summed E-state index contributed by atoms with van der Waals surface area (Å²) in [5.74, 6) is 0.398. The van der Waals surface area contributed by atoms with E-state index in [1.54, 1.807) is 6.07 Å². The van der Waals surface area contributed by atoms with Crippen molar-refractivity contribution < 1.29 is 19.6 Å². The highest BCUT2D eigenvalue weighted by Crippen LogP contribution is 2.60. The summed E-state index contributed by atoms with van der Waals surface area (Å²) in [5.41, 5.74) is -0.106. The number of hydrogen-bond acceptors (Lipinski definition) is 5. The van der Waals surface area contributed by atoms with Gasteiger partial charge in [-0.2, -0.15) is 0 Å². The SMILES string of the molecule is O=C([O-])C[C@@H](NC(=O)C12CC3CC(CC(C3)C1)C2)c1cccc([N+](=O)[O-])c1. The number of nitro benzene ring substituents is 1. The first-order chi connectivity index (χ1) is 12.8. The Bertz CT molecular complexity index is 755. The van der Waals surface area contributed by atoms with Gasteiger partial charge in [0.1, 0.15) is 0 Å². The average Bonchev–Trinajstić information content (AvgIpc) is 2.59. The first-order valence-corrected chi connectivity index (χ1v) is 9.60. The quantitative estimate of drug-likeness (QED) is 0.608. The molecular weight excluding hydrogens is 348 g/mol. The molecule has 4 fully saturated rings. The van der Waals surface area contributed by atoms with Crippen molar-refractivity contribution in [1.82, 2.24) is 5.32 Å². The van der Waals surface area contributed by atoms with Crippen molar-refractivity contribution in [1.29, 1.82) is 0 Å². The normalized spacial score (nSPS) is 32.1. The van der Waals surface area contributed by atoms with E-state index in [0.29, 0.717) is 23.3 Å². The number of carboxylic acids is 1. The lowest BCUT2D eigenvalue weighted by Crippen LogP contribution is -2.54. The standard InChI is InChI=1S/C20H24N2O5/c23-18(24)8-17(15-2-1-3-16(7-15)22(26)27)21-19(25)20-9-12-4-13(10-20)6-14(5-12)11-20/h1-3,7,12-14,17H,4-6,8-11H2,(H,21,25)(H,23,24)/p-1/t12?,13?,14?,17-,20?/m1/s1. The van der Waals surface area contributed by atoms with Crippen LogP contribution in [0.1, 0.15) is 56.6 Å². The van der Waals surface area contributed by atoms with Crippen LogP contribution in [-0.2, 0) is 9.59 Å². The van der Waals surface area contributed by atoms with Crippen molar-refractivity contribution in [3.63, 3.8) is 0 Å². The fourth-order valence-electron chi connectivity index (χ4n) is 5.97. The minimum absolute atomic E-state index is 0.0978. The van der Waals surface area contributed by atoms with Gasteiger partial charge in [0.2, 0.25) is 5.91 Å². The number of carbonyl (C=O) groups excluding carboxylic acids is 2. The summed E-state index contributed by atoms with van der Waals surface area (Å²) in [6, 6.07) is 4.97. The zero-order valence-corrected chi connectivity index (χ0v) is 15.1. The van der Waals surface area contributed by atoms with Gasteiger partial charge in [-0.1, -0.05) is 12.1 Å². The Labute approximate surface area is 157 Å². The Morgan fingerprint density at radius 1 is 1.15 bits per heavy atom. The minimum Gasteiger partial charge on any atom is -0.550 e. The lowest BCUT2D eigenvalue weighted by Gasteiger charge is -2.55. The topological polar surface area (TPSA) is 112 Å². The summed E-state index contributed by atoms with van der Waals surface area (Å²) >= 11 is 0. The number of nitro groups is 1. The van der Waals surface area contributed by atoms with E-state index in [2.05, 4.69) is 5.32 Å². The van der Waals surface area contributed by atoms with Crippen LogP contribution in [-0.4, -0.2) is 16.8 Å². The predicted octanol–water partition coefficient (Wildman–Crippen LogP) is 2.11. The van der Waals surface area contributed by atoms with E-state index in [9.17, 15) is 24.8 Å². The Kier molecular flexibility index (Phi) is 4.40. The lowest BCUT2D eigenvalue weighted by molar-refractivity contribution is -0.385. The van der Waals surface area contributed by atoms with E-state index in [0.717, 1.165) is 19.3 Å². The third-order valence-electron chi connectivity index (χ3n) is 6.68. The van der Waals surface area contributed by atoms with Crippen molar-refractivity contribution in [2.75, 3.05) is 0 Å². The maximum absolute atomic E-state index is 13.2. The van der Waals surface area contributed by atoms with Gasteiger partial charge >= 0.3 is 0 Å². The predicted molar refractivity (Wildman–Crippen MR) is 94.2 cm³/mol. The molecule has 4 saturated carbocycles. The molecule has 1 aromatic carbocycles. The van der Waals surface area contributed by atoms with Gasteiger partial charge in [0.15, 0.2) is 0 Å². The van der Waals surface area contributed by atoms with Crippen LogP contribution in [0.3, 0.4) is 0 Å². The van der Waals surface area contributed by atoms with Crippen LogP contribution in [0.5, 0.6) is 0 Å². The molecule has 0 aromatic heterocycles. The first kappa shape index (κ1) is 17.9. The van der Waals surface area contributed by atoms with E-state index in [1.807, 2.05) is 0 Å². The van der Waals surface area contributed by atoms with Gasteiger partial charge < -0.3 is 15.2 Å². The molecule has 4 aliphatic rings. The van der Waals surface area contributed by atoms with Crippen LogP contribution in [0.25, 0.3) is 0 Å². The number of benzene rings is 1. The van der Waals surface area contributed by atoms with Crippen molar-refractivity contribution in [2.45, 2.75) is 51.0 Å². The molecule has 1 amide bonds. The number of non-ortho nitro benzene ring substituents is 1. The molecule has 27 heavy (non-hydrogen) atoms. The molecule has 0 heterocycles. The molecule has 144 valence electrons. The van der Waals surface area contributed by atoms with Crippen LogP contribution in [0.15, 0.2) is 24.3 Å². The van der Waals surface area contributed by atoms with Crippen molar-refractivity contribution in [3.05, 3.63) is 39.9 Å². The fourth-order valence-corrected chi connectivity index (χ4v) is 5.97. The van der Waals surface area contributed by atoms with Crippen LogP contribution in [0.4, 0.5) is 5.69 Å². The molecule has 1 N–H and O–H groups in total. The zero-order chi connectivity index (χ0) is 19.2. The zero-order valence-electron chi connectivity index (χ0n) is 15.1. The molecule has 4 bridgehead atoms. The molecule has 0 unspecified atom stereocenters. The molecule has 7 heteroatoms. The lowest BCUT2D eigenvalue weighted by atomic mass is 9.49. The van der Waals surface area contributed by atoms with E-state index < -0.39 is 28.8 Å². The molecule has 0 aliphatic heterocycles. The number of aliphatic carboxylic acids is 1. The Morgan fingerprint density at radius 3 is 2.26 bits per heavy atom. The second-order valence-corrected chi connectivity index (χ2v) is 8.65. The molecule has 0 saturated heterocycles. The highest BCUT2D eigenvalue weighted by atomic mass is 16.6. The second kappa shape index (κ2) is 6.62. The number of carboxylic acid groups (broad SMARTS) is 1. The maximum atomic E-state index is 13.2. The minimum atomic E-state index is -1.29. The third-order valence-corrected chi connectivity index (χ3v) is 6.68. The highest BCUT2D eigenvalue weighted by molar-refractivity contribution is 5.84. The van der Waals surface area contributed by atoms with E-state index >= 15 is 0 Å². The molecule has 0 spiro atoms. The van der Waals surface area contributed by atoms with Gasteiger partial charge in [-0.25, -0.2) is 0 Å². The van der Waals surface area contributed by atoms with E-state index in [1.165, 1.54) is 37.5 Å². The fraction of sp³-hybridized carbons (Fsp3) is 0.600. The number of hydrogen-bond donors (Lipinski definition) is 1. The van der Waals surface area contributed by atoms with Gasteiger partial charge in [-0.05, 0) is 61.8 Å². The Hall–Kier alpha value is -2.44. The van der Waals surface area contributed by atoms with Crippen molar-refractivity contribution in [2.24, 2.45) is 23.2 Å².